The van der Waals surface area contributed by atoms with E-state index >= 15 is 0 Å². The van der Waals surface area contributed by atoms with Gasteiger partial charge in [-0.05, 0) is 31.1 Å². The average Bonchev–Trinajstić information content (AvgIpc) is 2.15. The Bertz CT molecular complexity index is 157. The van der Waals surface area contributed by atoms with Crippen molar-refractivity contribution < 1.29 is 0 Å². The molecule has 1 saturated carbocycles. The fourth-order valence-electron chi connectivity index (χ4n) is 2.23. The molecule has 14 heavy (non-hydrogen) atoms. The van der Waals surface area contributed by atoms with Crippen LogP contribution in [0.5, 0.6) is 0 Å². The molecule has 1 rings (SSSR count). The summed E-state index contributed by atoms with van der Waals surface area (Å²) in [7, 11) is 0. The Balaban J connectivity index is 2.28. The van der Waals surface area contributed by atoms with Crippen LogP contribution in [0.25, 0.3) is 0 Å². The second-order valence-electron chi connectivity index (χ2n) is 5.78. The Morgan fingerprint density at radius 1 is 1.07 bits per heavy atom. The molecule has 0 aromatic carbocycles. The highest BCUT2D eigenvalue weighted by molar-refractivity contribution is 4.82. The number of hydrogen-bond donors (Lipinski definition) is 1. The van der Waals surface area contributed by atoms with Gasteiger partial charge in [0.25, 0.3) is 0 Å². The molecule has 1 heteroatoms. The van der Waals surface area contributed by atoms with Gasteiger partial charge in [-0.2, -0.15) is 0 Å². The maximum absolute atomic E-state index is 3.69. The fourth-order valence-corrected chi connectivity index (χ4v) is 2.23. The molecular formula is C13H27N. The zero-order valence-electron chi connectivity index (χ0n) is 10.4. The topological polar surface area (TPSA) is 12.0 Å². The van der Waals surface area contributed by atoms with Crippen molar-refractivity contribution in [1.29, 1.82) is 0 Å². The van der Waals surface area contributed by atoms with E-state index in [1.165, 1.54) is 38.6 Å². The van der Waals surface area contributed by atoms with E-state index in [0.29, 0.717) is 11.5 Å². The number of rotatable bonds is 4. The third kappa shape index (κ3) is 3.61. The normalized spacial score (nSPS) is 23.8. The molecule has 0 heterocycles. The zero-order chi connectivity index (χ0) is 10.6. The van der Waals surface area contributed by atoms with Gasteiger partial charge in [0.1, 0.15) is 0 Å². The van der Waals surface area contributed by atoms with Crippen molar-refractivity contribution in [1.82, 2.24) is 5.32 Å². The van der Waals surface area contributed by atoms with Gasteiger partial charge in [0.2, 0.25) is 0 Å². The van der Waals surface area contributed by atoms with Crippen molar-refractivity contribution in [3.05, 3.63) is 0 Å². The van der Waals surface area contributed by atoms with E-state index in [4.69, 9.17) is 0 Å². The minimum atomic E-state index is 0.585. The summed E-state index contributed by atoms with van der Waals surface area (Å²) in [5.41, 5.74) is 0.585. The second kappa shape index (κ2) is 5.16. The van der Waals surface area contributed by atoms with E-state index in [0.717, 1.165) is 5.92 Å². The molecule has 0 amide bonds. The molecule has 1 aliphatic rings. The van der Waals surface area contributed by atoms with Gasteiger partial charge in [0, 0.05) is 12.6 Å². The van der Waals surface area contributed by atoms with Gasteiger partial charge >= 0.3 is 0 Å². The summed E-state index contributed by atoms with van der Waals surface area (Å²) in [4.78, 5) is 0. The molecular weight excluding hydrogens is 170 g/mol. The first kappa shape index (κ1) is 12.0. The molecule has 0 spiro atoms. The summed E-state index contributed by atoms with van der Waals surface area (Å²) >= 11 is 0. The lowest BCUT2D eigenvalue weighted by Gasteiger charge is -2.35. The number of nitrogens with one attached hydrogen (secondary N) is 1. The third-order valence-corrected chi connectivity index (χ3v) is 3.91. The quantitative estimate of drug-likeness (QED) is 0.726. The highest BCUT2D eigenvalue weighted by Gasteiger charge is 2.26. The minimum Gasteiger partial charge on any atom is -0.313 e. The molecule has 0 aliphatic heterocycles. The first-order valence-electron chi connectivity index (χ1n) is 6.27. The maximum atomic E-state index is 3.69. The molecule has 1 unspecified atom stereocenters. The Kier molecular flexibility index (Phi) is 4.43. The van der Waals surface area contributed by atoms with Gasteiger partial charge in [-0.25, -0.2) is 0 Å². The first-order chi connectivity index (χ1) is 6.53. The van der Waals surface area contributed by atoms with Crippen molar-refractivity contribution in [2.24, 2.45) is 11.3 Å². The maximum Gasteiger partial charge on any atom is 0.00619 e. The van der Waals surface area contributed by atoms with Crippen molar-refractivity contribution in [3.8, 4) is 0 Å². The molecule has 0 aromatic heterocycles. The molecule has 1 aliphatic carbocycles. The summed E-state index contributed by atoms with van der Waals surface area (Å²) in [6.45, 7) is 10.6. The minimum absolute atomic E-state index is 0.585. The SMILES string of the molecule is CC(C)C(C)NCC1(C)CCCCC1. The van der Waals surface area contributed by atoms with Crippen LogP contribution in [-0.4, -0.2) is 12.6 Å². The van der Waals surface area contributed by atoms with Crippen LogP contribution in [0, 0.1) is 11.3 Å². The van der Waals surface area contributed by atoms with Gasteiger partial charge in [-0.3, -0.25) is 0 Å². The average molecular weight is 197 g/mol. The molecule has 0 bridgehead atoms. The first-order valence-corrected chi connectivity index (χ1v) is 6.27. The molecule has 1 fully saturated rings. The predicted octanol–water partition coefficient (Wildman–Crippen LogP) is 3.59. The van der Waals surface area contributed by atoms with Crippen molar-refractivity contribution >= 4 is 0 Å². The molecule has 0 radical (unpaired) electrons. The van der Waals surface area contributed by atoms with Crippen LogP contribution in [0.3, 0.4) is 0 Å². The Morgan fingerprint density at radius 3 is 2.14 bits per heavy atom. The van der Waals surface area contributed by atoms with Crippen LogP contribution < -0.4 is 5.32 Å². The molecule has 1 atom stereocenters. The van der Waals surface area contributed by atoms with Gasteiger partial charge in [0.15, 0.2) is 0 Å². The van der Waals surface area contributed by atoms with Crippen molar-refractivity contribution in [2.75, 3.05) is 6.54 Å². The largest absolute Gasteiger partial charge is 0.313 e. The van der Waals surface area contributed by atoms with Crippen LogP contribution in [0.2, 0.25) is 0 Å². The fraction of sp³-hybridized carbons (Fsp3) is 1.00. The zero-order valence-corrected chi connectivity index (χ0v) is 10.4. The Hall–Kier alpha value is -0.0400. The van der Waals surface area contributed by atoms with Gasteiger partial charge < -0.3 is 5.32 Å². The van der Waals surface area contributed by atoms with Crippen LogP contribution in [0.1, 0.15) is 59.8 Å². The molecule has 0 aromatic rings. The lowest BCUT2D eigenvalue weighted by atomic mass is 9.75. The summed E-state index contributed by atoms with van der Waals surface area (Å²) < 4.78 is 0. The lowest BCUT2D eigenvalue weighted by molar-refractivity contribution is 0.195. The smallest absolute Gasteiger partial charge is 0.00619 e. The van der Waals surface area contributed by atoms with Crippen LogP contribution in [0.15, 0.2) is 0 Å². The van der Waals surface area contributed by atoms with E-state index in [9.17, 15) is 0 Å². The summed E-state index contributed by atoms with van der Waals surface area (Å²) in [5.74, 6) is 0.752. The number of hydrogen-bond acceptors (Lipinski definition) is 1. The highest BCUT2D eigenvalue weighted by Crippen LogP contribution is 2.35. The van der Waals surface area contributed by atoms with Crippen LogP contribution >= 0.6 is 0 Å². The predicted molar refractivity (Wildman–Crippen MR) is 63.5 cm³/mol. The Morgan fingerprint density at radius 2 is 1.64 bits per heavy atom. The lowest BCUT2D eigenvalue weighted by Crippen LogP contribution is -2.40. The molecule has 1 N–H and O–H groups in total. The Labute approximate surface area is 89.7 Å². The molecule has 84 valence electrons. The summed E-state index contributed by atoms with van der Waals surface area (Å²) in [5, 5.41) is 3.69. The van der Waals surface area contributed by atoms with E-state index in [-0.39, 0.29) is 0 Å². The van der Waals surface area contributed by atoms with Gasteiger partial charge in [-0.1, -0.05) is 40.0 Å². The standard InChI is InChI=1S/C13H27N/c1-11(2)12(3)14-10-13(4)8-6-5-7-9-13/h11-12,14H,5-10H2,1-4H3. The van der Waals surface area contributed by atoms with E-state index < -0.39 is 0 Å². The molecule has 0 saturated heterocycles. The monoisotopic (exact) mass is 197 g/mol. The summed E-state index contributed by atoms with van der Waals surface area (Å²) in [6, 6.07) is 0.661. The van der Waals surface area contributed by atoms with Crippen molar-refractivity contribution in [3.63, 3.8) is 0 Å². The summed E-state index contributed by atoms with van der Waals surface area (Å²) in [6.07, 6.45) is 7.17. The van der Waals surface area contributed by atoms with Gasteiger partial charge in [0.05, 0.1) is 0 Å². The third-order valence-electron chi connectivity index (χ3n) is 3.91. The van der Waals surface area contributed by atoms with Crippen LogP contribution in [0.4, 0.5) is 0 Å². The molecule has 1 nitrogen and oxygen atoms in total. The van der Waals surface area contributed by atoms with Gasteiger partial charge in [-0.15, -0.1) is 0 Å². The van der Waals surface area contributed by atoms with E-state index in [1.54, 1.807) is 0 Å². The van der Waals surface area contributed by atoms with Crippen LogP contribution in [-0.2, 0) is 0 Å². The second-order valence-corrected chi connectivity index (χ2v) is 5.78. The van der Waals surface area contributed by atoms with E-state index in [1.807, 2.05) is 0 Å². The van der Waals surface area contributed by atoms with Crippen molar-refractivity contribution in [2.45, 2.75) is 65.8 Å². The van der Waals surface area contributed by atoms with E-state index in [2.05, 4.69) is 33.0 Å². The highest BCUT2D eigenvalue weighted by atomic mass is 14.9.